The Morgan fingerprint density at radius 1 is 1.09 bits per heavy atom. The predicted molar refractivity (Wildman–Crippen MR) is 75.8 cm³/mol. The van der Waals surface area contributed by atoms with E-state index in [0.29, 0.717) is 6.07 Å². The van der Waals surface area contributed by atoms with Crippen LogP contribution in [-0.2, 0) is 10.0 Å². The van der Waals surface area contributed by atoms with E-state index in [1.54, 1.807) is 0 Å². The van der Waals surface area contributed by atoms with Gasteiger partial charge in [-0.3, -0.25) is 0 Å². The Balaban J connectivity index is 3.42. The molecule has 0 radical (unpaired) electrons. The van der Waals surface area contributed by atoms with Crippen LogP contribution in [0.4, 0.5) is 22.0 Å². The summed E-state index contributed by atoms with van der Waals surface area (Å²) >= 11 is 2.82. The smallest absolute Gasteiger partial charge is 0.424 e. The lowest BCUT2D eigenvalue weighted by molar-refractivity contribution is -0.361. The van der Waals surface area contributed by atoms with Crippen LogP contribution < -0.4 is 9.46 Å². The van der Waals surface area contributed by atoms with Gasteiger partial charge < -0.3 is 4.74 Å². The average Bonchev–Trinajstić information content (AvgIpc) is 2.22. The van der Waals surface area contributed by atoms with Crippen molar-refractivity contribution in [2.24, 2.45) is 0 Å². The molecule has 23 heavy (non-hydrogen) atoms. The van der Waals surface area contributed by atoms with Crippen molar-refractivity contribution in [1.29, 1.82) is 0 Å². The monoisotopic (exact) mass is 425 g/mol. The molecule has 4 nitrogen and oxygen atoms in total. The van der Waals surface area contributed by atoms with Crippen molar-refractivity contribution in [3.63, 3.8) is 0 Å². The summed E-state index contributed by atoms with van der Waals surface area (Å²) in [5.74, 6) is -1.13. The number of benzene rings is 1. The zero-order chi connectivity index (χ0) is 18.3. The topological polar surface area (TPSA) is 55.4 Å². The zero-order valence-corrected chi connectivity index (χ0v) is 14.5. The molecule has 1 aromatic rings. The molecule has 0 amide bonds. The standard InChI is InChI=1S/C12H13BrF5NO3S/c1-10(2,3)19-23(20,21)9-7(13)5-4-6-8(9)22-12(17,18)11(14,15)16/h4-6,19H,1-3H3. The van der Waals surface area contributed by atoms with Crippen molar-refractivity contribution in [2.75, 3.05) is 0 Å². The minimum absolute atomic E-state index is 0.218. The Kier molecular flexibility index (Phi) is 5.39. The maximum absolute atomic E-state index is 13.1. The van der Waals surface area contributed by atoms with Crippen molar-refractivity contribution < 1.29 is 35.1 Å². The second kappa shape index (κ2) is 6.17. The Bertz CT molecular complexity index is 683. The van der Waals surface area contributed by atoms with Crippen molar-refractivity contribution in [2.45, 2.75) is 43.5 Å². The fraction of sp³-hybridized carbons (Fsp3) is 0.500. The minimum Gasteiger partial charge on any atom is -0.424 e. The number of hydrogen-bond acceptors (Lipinski definition) is 3. The lowest BCUT2D eigenvalue weighted by Crippen LogP contribution is -2.43. The molecule has 0 aliphatic carbocycles. The van der Waals surface area contributed by atoms with E-state index in [9.17, 15) is 30.4 Å². The van der Waals surface area contributed by atoms with Crippen LogP contribution in [0, 0.1) is 0 Å². The van der Waals surface area contributed by atoms with Crippen LogP contribution >= 0.6 is 15.9 Å². The van der Waals surface area contributed by atoms with Gasteiger partial charge in [-0.25, -0.2) is 13.1 Å². The van der Waals surface area contributed by atoms with Gasteiger partial charge >= 0.3 is 12.3 Å². The Hall–Kier alpha value is -0.940. The number of rotatable bonds is 4. The fourth-order valence-electron chi connectivity index (χ4n) is 1.48. The van der Waals surface area contributed by atoms with Gasteiger partial charge in [-0.1, -0.05) is 6.07 Å². The first-order valence-electron chi connectivity index (χ1n) is 6.03. The quantitative estimate of drug-likeness (QED) is 0.740. The molecule has 0 saturated heterocycles. The molecule has 0 aliphatic heterocycles. The number of halogens is 6. The van der Waals surface area contributed by atoms with E-state index in [1.165, 1.54) is 26.8 Å². The number of nitrogens with one attached hydrogen (secondary N) is 1. The molecular weight excluding hydrogens is 413 g/mol. The first-order chi connectivity index (χ1) is 10.1. The Morgan fingerprint density at radius 3 is 2.04 bits per heavy atom. The normalized spacial score (nSPS) is 14.0. The molecule has 0 saturated carbocycles. The second-order valence-corrected chi connectivity index (χ2v) is 8.01. The second-order valence-electron chi connectivity index (χ2n) is 5.54. The molecule has 11 heteroatoms. The maximum Gasteiger partial charge on any atom is 0.499 e. The number of ether oxygens (including phenoxy) is 1. The van der Waals surface area contributed by atoms with Crippen LogP contribution in [0.15, 0.2) is 27.6 Å². The van der Waals surface area contributed by atoms with E-state index in [2.05, 4.69) is 25.4 Å². The van der Waals surface area contributed by atoms with Gasteiger partial charge in [-0.15, -0.1) is 0 Å². The molecule has 1 rings (SSSR count). The molecule has 0 fully saturated rings. The molecular formula is C12H13BrF5NO3S. The third-order valence-corrected chi connectivity index (χ3v) is 4.97. The summed E-state index contributed by atoms with van der Waals surface area (Å²) in [6.07, 6.45) is -11.5. The van der Waals surface area contributed by atoms with E-state index in [1.807, 2.05) is 0 Å². The van der Waals surface area contributed by atoms with E-state index >= 15 is 0 Å². The molecule has 0 aliphatic rings. The third-order valence-electron chi connectivity index (χ3n) is 2.21. The molecule has 0 aromatic heterocycles. The molecule has 0 bridgehead atoms. The minimum atomic E-state index is -5.99. The van der Waals surface area contributed by atoms with Crippen LogP contribution in [0.2, 0.25) is 0 Å². The number of sulfonamides is 1. The van der Waals surface area contributed by atoms with Crippen LogP contribution in [0.1, 0.15) is 20.8 Å². The predicted octanol–water partition coefficient (Wildman–Crippen LogP) is 4.06. The van der Waals surface area contributed by atoms with Gasteiger partial charge in [0.05, 0.1) is 0 Å². The van der Waals surface area contributed by atoms with Gasteiger partial charge in [0, 0.05) is 10.0 Å². The fourth-order valence-corrected chi connectivity index (χ4v) is 4.08. The van der Waals surface area contributed by atoms with Gasteiger partial charge in [0.15, 0.2) is 0 Å². The average molecular weight is 426 g/mol. The molecule has 0 spiro atoms. The van der Waals surface area contributed by atoms with Crippen LogP contribution in [0.3, 0.4) is 0 Å². The summed E-state index contributed by atoms with van der Waals surface area (Å²) in [4.78, 5) is -0.848. The summed E-state index contributed by atoms with van der Waals surface area (Å²) in [5.41, 5.74) is -0.988. The van der Waals surface area contributed by atoms with Crippen molar-refractivity contribution in [1.82, 2.24) is 4.72 Å². The summed E-state index contributed by atoms with van der Waals surface area (Å²) in [6, 6.07) is 2.96. The van der Waals surface area contributed by atoms with Gasteiger partial charge in [0.2, 0.25) is 10.0 Å². The Labute approximate surface area is 138 Å². The summed E-state index contributed by atoms with van der Waals surface area (Å²) in [7, 11) is -4.42. The first-order valence-corrected chi connectivity index (χ1v) is 8.30. The highest BCUT2D eigenvalue weighted by atomic mass is 79.9. The molecule has 1 N–H and O–H groups in total. The Morgan fingerprint density at radius 2 is 1.61 bits per heavy atom. The lowest BCUT2D eigenvalue weighted by atomic mass is 10.1. The summed E-state index contributed by atoms with van der Waals surface area (Å²) < 4.78 is 93.1. The SMILES string of the molecule is CC(C)(C)NS(=O)(=O)c1c(Br)cccc1OC(F)(F)C(F)(F)F. The van der Waals surface area contributed by atoms with Crippen LogP contribution in [-0.4, -0.2) is 26.2 Å². The molecule has 1 aromatic carbocycles. The highest BCUT2D eigenvalue weighted by Crippen LogP contribution is 2.41. The highest BCUT2D eigenvalue weighted by molar-refractivity contribution is 9.10. The van der Waals surface area contributed by atoms with Gasteiger partial charge in [-0.05, 0) is 48.8 Å². The van der Waals surface area contributed by atoms with E-state index in [4.69, 9.17) is 0 Å². The molecule has 0 atom stereocenters. The number of alkyl halides is 5. The molecule has 132 valence electrons. The summed E-state index contributed by atoms with van der Waals surface area (Å²) in [6.45, 7) is 4.44. The van der Waals surface area contributed by atoms with Crippen LogP contribution in [0.5, 0.6) is 5.75 Å². The van der Waals surface area contributed by atoms with Crippen molar-refractivity contribution >= 4 is 26.0 Å². The third kappa shape index (κ3) is 5.01. The largest absolute Gasteiger partial charge is 0.499 e. The zero-order valence-electron chi connectivity index (χ0n) is 12.1. The van der Waals surface area contributed by atoms with Crippen molar-refractivity contribution in [3.05, 3.63) is 22.7 Å². The number of hydrogen-bond donors (Lipinski definition) is 1. The van der Waals surface area contributed by atoms with Gasteiger partial charge in [-0.2, -0.15) is 22.0 Å². The molecule has 0 unspecified atom stereocenters. The van der Waals surface area contributed by atoms with E-state index in [0.717, 1.165) is 6.07 Å². The molecule has 0 heterocycles. The highest BCUT2D eigenvalue weighted by Gasteiger charge is 2.61. The van der Waals surface area contributed by atoms with E-state index < -0.39 is 38.5 Å². The van der Waals surface area contributed by atoms with Crippen LogP contribution in [0.25, 0.3) is 0 Å². The first kappa shape index (κ1) is 20.1. The van der Waals surface area contributed by atoms with Crippen molar-refractivity contribution in [3.8, 4) is 5.75 Å². The lowest BCUT2D eigenvalue weighted by Gasteiger charge is -2.24. The van der Waals surface area contributed by atoms with Gasteiger partial charge in [0.25, 0.3) is 0 Å². The van der Waals surface area contributed by atoms with Gasteiger partial charge in [0.1, 0.15) is 10.6 Å². The summed E-state index contributed by atoms with van der Waals surface area (Å²) in [5, 5.41) is 0. The van der Waals surface area contributed by atoms with E-state index in [-0.39, 0.29) is 4.47 Å². The maximum atomic E-state index is 13.1.